The first-order valence-electron chi connectivity index (χ1n) is 7.89. The van der Waals surface area contributed by atoms with Gasteiger partial charge in [-0.15, -0.1) is 0 Å². The highest BCUT2D eigenvalue weighted by molar-refractivity contribution is 5.79. The molecule has 0 N–H and O–H groups in total. The summed E-state index contributed by atoms with van der Waals surface area (Å²) in [6, 6.07) is 12.7. The molecule has 0 saturated heterocycles. The van der Waals surface area contributed by atoms with Crippen molar-refractivity contribution in [2.24, 2.45) is 4.99 Å². The highest BCUT2D eigenvalue weighted by Gasteiger charge is 2.11. The molecule has 0 bridgehead atoms. The predicted octanol–water partition coefficient (Wildman–Crippen LogP) is 2.44. The summed E-state index contributed by atoms with van der Waals surface area (Å²) in [7, 11) is 0. The van der Waals surface area contributed by atoms with Crippen molar-refractivity contribution in [3.8, 4) is 0 Å². The lowest BCUT2D eigenvalue weighted by Gasteiger charge is -2.07. The van der Waals surface area contributed by atoms with Crippen LogP contribution in [0.4, 0.5) is 0 Å². The maximum atomic E-state index is 12.5. The number of nitrogens with zero attached hydrogens (tertiary/aromatic N) is 3. The van der Waals surface area contributed by atoms with Gasteiger partial charge in [-0.2, -0.15) is 0 Å². The fraction of sp³-hybridized carbons (Fsp3) is 0.278. The van der Waals surface area contributed by atoms with Gasteiger partial charge in [0.25, 0.3) is 0 Å². The molecule has 0 fully saturated rings. The summed E-state index contributed by atoms with van der Waals surface area (Å²) in [6.07, 6.45) is 1.87. The van der Waals surface area contributed by atoms with Crippen LogP contribution in [0.1, 0.15) is 25.1 Å². The predicted molar refractivity (Wildman–Crippen MR) is 90.8 cm³/mol. The Morgan fingerprint density at radius 1 is 1.17 bits per heavy atom. The number of benzene rings is 1. The molecule has 124 valence electrons. The summed E-state index contributed by atoms with van der Waals surface area (Å²) in [5, 5.41) is 0. The Morgan fingerprint density at radius 2 is 1.92 bits per heavy atom. The summed E-state index contributed by atoms with van der Waals surface area (Å²) in [6.45, 7) is 4.18. The molecule has 0 unspecified atom stereocenters. The van der Waals surface area contributed by atoms with Gasteiger partial charge in [0.05, 0.1) is 5.52 Å². The van der Waals surface area contributed by atoms with Gasteiger partial charge in [0.2, 0.25) is 5.91 Å². The van der Waals surface area contributed by atoms with Crippen molar-refractivity contribution in [2.45, 2.75) is 32.9 Å². The zero-order chi connectivity index (χ0) is 17.1. The first-order chi connectivity index (χ1) is 11.6. The molecule has 0 spiro atoms. The van der Waals surface area contributed by atoms with Crippen molar-refractivity contribution in [3.63, 3.8) is 0 Å². The van der Waals surface area contributed by atoms with Crippen LogP contribution in [0, 0.1) is 0 Å². The van der Waals surface area contributed by atoms with Crippen LogP contribution in [-0.2, 0) is 6.54 Å². The molecule has 0 radical (unpaired) electrons. The summed E-state index contributed by atoms with van der Waals surface area (Å²) >= 11 is 0. The quantitative estimate of drug-likeness (QED) is 0.740. The van der Waals surface area contributed by atoms with E-state index in [0.717, 1.165) is 0 Å². The minimum atomic E-state index is -0.450. The van der Waals surface area contributed by atoms with Crippen LogP contribution in [0.2, 0.25) is 0 Å². The molecule has 0 aliphatic carbocycles. The highest BCUT2D eigenvalue weighted by atomic mass is 16.4. The van der Waals surface area contributed by atoms with Crippen LogP contribution in [-0.4, -0.2) is 21.1 Å². The molecular formula is C18H19N3O3. The molecule has 3 aromatic rings. The molecule has 2 heterocycles. The summed E-state index contributed by atoms with van der Waals surface area (Å²) < 4.78 is 8.19. The third-order valence-corrected chi connectivity index (χ3v) is 3.62. The second-order valence-electron chi connectivity index (χ2n) is 5.78. The molecule has 0 aliphatic rings. The largest absolute Gasteiger partial charge is 0.419 e. The van der Waals surface area contributed by atoms with E-state index in [9.17, 15) is 9.59 Å². The van der Waals surface area contributed by atoms with Crippen LogP contribution in [0.25, 0.3) is 11.1 Å². The lowest BCUT2D eigenvalue weighted by atomic mass is 10.3. The molecule has 6 heteroatoms. The minimum absolute atomic E-state index is 0.0897. The summed E-state index contributed by atoms with van der Waals surface area (Å²) in [5.41, 5.74) is 1.83. The average Bonchev–Trinajstić information content (AvgIpc) is 2.88. The van der Waals surface area contributed by atoms with E-state index < -0.39 is 5.76 Å². The van der Waals surface area contributed by atoms with E-state index in [1.54, 1.807) is 36.5 Å². The molecule has 24 heavy (non-hydrogen) atoms. The third-order valence-electron chi connectivity index (χ3n) is 3.62. The van der Waals surface area contributed by atoms with E-state index in [4.69, 9.17) is 4.42 Å². The van der Waals surface area contributed by atoms with Crippen LogP contribution in [0.15, 0.2) is 62.9 Å². The smallest absolute Gasteiger partial charge is 0.408 e. The Bertz CT molecular complexity index is 992. The van der Waals surface area contributed by atoms with Gasteiger partial charge < -0.3 is 4.42 Å². The fourth-order valence-electron chi connectivity index (χ4n) is 2.57. The number of carbonyl (C=O) groups excluding carboxylic acids is 1. The monoisotopic (exact) mass is 325 g/mol. The Kier molecular flexibility index (Phi) is 4.46. The Hall–Kier alpha value is -2.89. The van der Waals surface area contributed by atoms with Gasteiger partial charge >= 0.3 is 5.76 Å². The normalized spacial score (nSPS) is 12.2. The molecule has 0 aliphatic heterocycles. The molecule has 3 rings (SSSR count). The number of hydrogen-bond donors (Lipinski definition) is 0. The van der Waals surface area contributed by atoms with Crippen molar-refractivity contribution < 1.29 is 9.21 Å². The number of oxazole rings is 1. The first-order valence-corrected chi connectivity index (χ1v) is 7.89. The van der Waals surface area contributed by atoms with Gasteiger partial charge in [0, 0.05) is 25.2 Å². The van der Waals surface area contributed by atoms with E-state index >= 15 is 0 Å². The number of carbonyl (C=O) groups is 1. The van der Waals surface area contributed by atoms with Gasteiger partial charge in [-0.1, -0.05) is 18.2 Å². The number of rotatable bonds is 4. The van der Waals surface area contributed by atoms with E-state index in [-0.39, 0.29) is 24.9 Å². The molecule has 0 amide bonds. The molecule has 0 atom stereocenters. The Labute approximate surface area is 138 Å². The van der Waals surface area contributed by atoms with Crippen molar-refractivity contribution in [1.29, 1.82) is 0 Å². The van der Waals surface area contributed by atoms with Crippen LogP contribution in [0.3, 0.4) is 0 Å². The second-order valence-corrected chi connectivity index (χ2v) is 5.78. The number of fused-ring (bicyclic) bond motifs is 1. The molecule has 2 aromatic heterocycles. The molecular weight excluding hydrogens is 306 g/mol. The maximum Gasteiger partial charge on any atom is 0.419 e. The maximum absolute atomic E-state index is 12.5. The van der Waals surface area contributed by atoms with Gasteiger partial charge in [-0.3, -0.25) is 18.9 Å². The second kappa shape index (κ2) is 6.70. The van der Waals surface area contributed by atoms with Gasteiger partial charge in [-0.05, 0) is 38.1 Å². The van der Waals surface area contributed by atoms with E-state index in [1.807, 2.05) is 26.0 Å². The average molecular weight is 325 g/mol. The minimum Gasteiger partial charge on any atom is -0.408 e. The van der Waals surface area contributed by atoms with Crippen molar-refractivity contribution in [2.75, 3.05) is 0 Å². The van der Waals surface area contributed by atoms with E-state index in [1.165, 1.54) is 9.13 Å². The van der Waals surface area contributed by atoms with Crippen LogP contribution < -0.4 is 11.2 Å². The standard InChI is InChI=1S/C18H19N3O3/c1-13(2)19-16-9-5-6-11-21(16)17(22)10-12-20-14-7-3-4-8-15(14)24-18(20)23/h3-9,11,13H,10,12H2,1-2H3. The molecule has 6 nitrogen and oxygen atoms in total. The number of para-hydroxylation sites is 2. The van der Waals surface area contributed by atoms with E-state index in [0.29, 0.717) is 16.6 Å². The van der Waals surface area contributed by atoms with Gasteiger partial charge in [0.15, 0.2) is 5.58 Å². The topological polar surface area (TPSA) is 69.5 Å². The van der Waals surface area contributed by atoms with Crippen molar-refractivity contribution >= 4 is 17.0 Å². The van der Waals surface area contributed by atoms with Gasteiger partial charge in [0.1, 0.15) is 5.49 Å². The van der Waals surface area contributed by atoms with Crippen LogP contribution >= 0.6 is 0 Å². The zero-order valence-electron chi connectivity index (χ0n) is 13.7. The lowest BCUT2D eigenvalue weighted by Crippen LogP contribution is -2.29. The summed E-state index contributed by atoms with van der Waals surface area (Å²) in [5.74, 6) is -0.568. The van der Waals surface area contributed by atoms with E-state index in [2.05, 4.69) is 4.99 Å². The molecule has 0 saturated carbocycles. The SMILES string of the molecule is CC(C)N=c1ccccn1C(=O)CCn1c(=O)oc2ccccc21. The first kappa shape index (κ1) is 16.0. The number of pyridine rings is 1. The fourth-order valence-corrected chi connectivity index (χ4v) is 2.57. The summed E-state index contributed by atoms with van der Waals surface area (Å²) in [4.78, 5) is 29.0. The number of hydrogen-bond acceptors (Lipinski definition) is 4. The highest BCUT2D eigenvalue weighted by Crippen LogP contribution is 2.12. The number of aryl methyl sites for hydroxylation is 1. The third kappa shape index (κ3) is 3.22. The van der Waals surface area contributed by atoms with Crippen molar-refractivity contribution in [1.82, 2.24) is 9.13 Å². The van der Waals surface area contributed by atoms with Gasteiger partial charge in [-0.25, -0.2) is 4.79 Å². The Balaban J connectivity index is 1.86. The number of aromatic nitrogens is 2. The molecule has 1 aromatic carbocycles. The lowest BCUT2D eigenvalue weighted by molar-refractivity contribution is 0.0891. The Morgan fingerprint density at radius 3 is 2.71 bits per heavy atom. The van der Waals surface area contributed by atoms with Crippen molar-refractivity contribution in [3.05, 3.63) is 64.7 Å². The zero-order valence-corrected chi connectivity index (χ0v) is 13.7. The van der Waals surface area contributed by atoms with Crippen LogP contribution in [0.5, 0.6) is 0 Å².